The SMILES string of the molecule is CC1=CCCN(C(=O)Nc2ccn(CCN3CCNC3=O)n2)C1. The molecule has 0 unspecified atom stereocenters. The average Bonchev–Trinajstić information content (AvgIpc) is 3.14. The van der Waals surface area contributed by atoms with Gasteiger partial charge in [0.1, 0.15) is 0 Å². The van der Waals surface area contributed by atoms with E-state index in [9.17, 15) is 9.59 Å². The number of nitrogens with one attached hydrogen (secondary N) is 2. The zero-order valence-corrected chi connectivity index (χ0v) is 13.3. The zero-order chi connectivity index (χ0) is 16.2. The normalized spacial score (nSPS) is 18.0. The van der Waals surface area contributed by atoms with E-state index in [-0.39, 0.29) is 12.1 Å². The van der Waals surface area contributed by atoms with Crippen LogP contribution in [0.4, 0.5) is 15.4 Å². The van der Waals surface area contributed by atoms with E-state index < -0.39 is 0 Å². The lowest BCUT2D eigenvalue weighted by molar-refractivity contribution is 0.214. The highest BCUT2D eigenvalue weighted by atomic mass is 16.2. The number of anilines is 1. The van der Waals surface area contributed by atoms with Crippen LogP contribution in [0.3, 0.4) is 0 Å². The fraction of sp³-hybridized carbons (Fsp3) is 0.533. The lowest BCUT2D eigenvalue weighted by Crippen LogP contribution is -2.38. The zero-order valence-electron chi connectivity index (χ0n) is 13.3. The highest BCUT2D eigenvalue weighted by molar-refractivity contribution is 5.88. The van der Waals surface area contributed by atoms with Crippen LogP contribution in [0.1, 0.15) is 13.3 Å². The molecule has 2 aliphatic heterocycles. The van der Waals surface area contributed by atoms with Gasteiger partial charge >= 0.3 is 12.1 Å². The van der Waals surface area contributed by atoms with Crippen LogP contribution in [-0.4, -0.2) is 64.4 Å². The lowest BCUT2D eigenvalue weighted by atomic mass is 10.1. The third-order valence-corrected chi connectivity index (χ3v) is 4.04. The molecule has 0 spiro atoms. The molecule has 3 rings (SSSR count). The molecule has 2 aliphatic rings. The molecule has 3 heterocycles. The molecule has 23 heavy (non-hydrogen) atoms. The second-order valence-electron chi connectivity index (χ2n) is 5.87. The Balaban J connectivity index is 1.50. The van der Waals surface area contributed by atoms with Crippen LogP contribution in [0.5, 0.6) is 0 Å². The predicted octanol–water partition coefficient (Wildman–Crippen LogP) is 1.09. The number of nitrogens with zero attached hydrogens (tertiary/aromatic N) is 4. The first-order chi connectivity index (χ1) is 11.1. The van der Waals surface area contributed by atoms with Crippen molar-refractivity contribution in [3.05, 3.63) is 23.9 Å². The van der Waals surface area contributed by atoms with Crippen LogP contribution in [-0.2, 0) is 6.54 Å². The maximum Gasteiger partial charge on any atom is 0.323 e. The topological polar surface area (TPSA) is 82.5 Å². The Hall–Kier alpha value is -2.51. The minimum Gasteiger partial charge on any atom is -0.336 e. The smallest absolute Gasteiger partial charge is 0.323 e. The molecule has 0 saturated carbocycles. The van der Waals surface area contributed by atoms with Crippen LogP contribution in [0.15, 0.2) is 23.9 Å². The van der Waals surface area contributed by atoms with Crippen molar-refractivity contribution < 1.29 is 9.59 Å². The number of amides is 4. The Kier molecular flexibility index (Phi) is 4.50. The molecule has 0 radical (unpaired) electrons. The van der Waals surface area contributed by atoms with E-state index in [1.165, 1.54) is 5.57 Å². The Labute approximate surface area is 135 Å². The summed E-state index contributed by atoms with van der Waals surface area (Å²) in [4.78, 5) is 27.2. The van der Waals surface area contributed by atoms with E-state index in [1.807, 2.05) is 13.1 Å². The van der Waals surface area contributed by atoms with Gasteiger partial charge in [0.05, 0.1) is 6.54 Å². The second kappa shape index (κ2) is 6.72. The molecule has 1 saturated heterocycles. The Morgan fingerprint density at radius 2 is 2.26 bits per heavy atom. The Morgan fingerprint density at radius 1 is 1.39 bits per heavy atom. The third-order valence-electron chi connectivity index (χ3n) is 4.04. The molecule has 8 heteroatoms. The van der Waals surface area contributed by atoms with E-state index in [2.05, 4.69) is 21.8 Å². The fourth-order valence-corrected chi connectivity index (χ4v) is 2.77. The minimum absolute atomic E-state index is 0.0285. The van der Waals surface area contributed by atoms with Gasteiger partial charge in [0.2, 0.25) is 0 Å². The van der Waals surface area contributed by atoms with E-state index in [0.717, 1.165) is 19.5 Å². The van der Waals surface area contributed by atoms with Crippen molar-refractivity contribution in [3.63, 3.8) is 0 Å². The first-order valence-corrected chi connectivity index (χ1v) is 7.89. The van der Waals surface area contributed by atoms with Crippen molar-refractivity contribution in [3.8, 4) is 0 Å². The summed E-state index contributed by atoms with van der Waals surface area (Å²) in [5, 5.41) is 9.93. The van der Waals surface area contributed by atoms with Crippen LogP contribution >= 0.6 is 0 Å². The Morgan fingerprint density at radius 3 is 3.00 bits per heavy atom. The molecule has 0 aromatic carbocycles. The van der Waals surface area contributed by atoms with Crippen LogP contribution in [0, 0.1) is 0 Å². The minimum atomic E-state index is -0.123. The number of urea groups is 2. The van der Waals surface area contributed by atoms with Gasteiger partial charge in [-0.25, -0.2) is 9.59 Å². The number of carbonyl (C=O) groups excluding carboxylic acids is 2. The molecule has 1 aromatic rings. The Bertz CT molecular complexity index is 623. The van der Waals surface area contributed by atoms with Gasteiger partial charge in [-0.15, -0.1) is 0 Å². The number of aromatic nitrogens is 2. The summed E-state index contributed by atoms with van der Waals surface area (Å²) in [5.74, 6) is 0.535. The number of hydrogen-bond acceptors (Lipinski definition) is 3. The van der Waals surface area contributed by atoms with Crippen LogP contribution < -0.4 is 10.6 Å². The molecular weight excluding hydrogens is 296 g/mol. The molecule has 1 aromatic heterocycles. The van der Waals surface area contributed by atoms with Crippen LogP contribution in [0.2, 0.25) is 0 Å². The van der Waals surface area contributed by atoms with Crippen molar-refractivity contribution in [2.45, 2.75) is 19.9 Å². The highest BCUT2D eigenvalue weighted by Crippen LogP contribution is 2.11. The highest BCUT2D eigenvalue weighted by Gasteiger charge is 2.19. The van der Waals surface area contributed by atoms with Gasteiger partial charge < -0.3 is 15.1 Å². The van der Waals surface area contributed by atoms with Gasteiger partial charge in [0.15, 0.2) is 5.82 Å². The third kappa shape index (κ3) is 3.82. The van der Waals surface area contributed by atoms with E-state index in [1.54, 1.807) is 20.5 Å². The van der Waals surface area contributed by atoms with Crippen molar-refractivity contribution in [1.29, 1.82) is 0 Å². The van der Waals surface area contributed by atoms with Gasteiger partial charge in [-0.2, -0.15) is 5.10 Å². The first-order valence-electron chi connectivity index (χ1n) is 7.89. The average molecular weight is 318 g/mol. The van der Waals surface area contributed by atoms with Crippen molar-refractivity contribution >= 4 is 17.9 Å². The first kappa shape index (κ1) is 15.4. The second-order valence-corrected chi connectivity index (χ2v) is 5.87. The molecule has 8 nitrogen and oxygen atoms in total. The summed E-state index contributed by atoms with van der Waals surface area (Å²) in [7, 11) is 0. The summed E-state index contributed by atoms with van der Waals surface area (Å²) in [6.45, 7) is 6.06. The lowest BCUT2D eigenvalue weighted by Gasteiger charge is -2.25. The predicted molar refractivity (Wildman–Crippen MR) is 86.2 cm³/mol. The van der Waals surface area contributed by atoms with Crippen molar-refractivity contribution in [2.75, 3.05) is 38.0 Å². The molecule has 0 atom stereocenters. The van der Waals surface area contributed by atoms with Gasteiger partial charge in [0, 0.05) is 45.0 Å². The number of rotatable bonds is 4. The molecular formula is C15H22N6O2. The van der Waals surface area contributed by atoms with Crippen molar-refractivity contribution in [1.82, 2.24) is 24.9 Å². The van der Waals surface area contributed by atoms with Gasteiger partial charge in [0.25, 0.3) is 0 Å². The molecule has 4 amide bonds. The molecule has 0 aliphatic carbocycles. The summed E-state index contributed by atoms with van der Waals surface area (Å²) in [6.07, 6.45) is 4.86. The van der Waals surface area contributed by atoms with Crippen LogP contribution in [0.25, 0.3) is 0 Å². The largest absolute Gasteiger partial charge is 0.336 e. The number of carbonyl (C=O) groups is 2. The van der Waals surface area contributed by atoms with Gasteiger partial charge in [-0.1, -0.05) is 11.6 Å². The molecule has 1 fully saturated rings. The summed E-state index contributed by atoms with van der Waals surface area (Å²) >= 11 is 0. The summed E-state index contributed by atoms with van der Waals surface area (Å²) < 4.78 is 1.74. The van der Waals surface area contributed by atoms with Crippen molar-refractivity contribution in [2.24, 2.45) is 0 Å². The molecule has 0 bridgehead atoms. The molecule has 2 N–H and O–H groups in total. The van der Waals surface area contributed by atoms with Gasteiger partial charge in [-0.05, 0) is 13.3 Å². The van der Waals surface area contributed by atoms with E-state index in [0.29, 0.717) is 32.0 Å². The van der Waals surface area contributed by atoms with E-state index in [4.69, 9.17) is 0 Å². The monoisotopic (exact) mass is 318 g/mol. The van der Waals surface area contributed by atoms with E-state index >= 15 is 0 Å². The maximum absolute atomic E-state index is 12.2. The van der Waals surface area contributed by atoms with Gasteiger partial charge in [-0.3, -0.25) is 10.00 Å². The standard InChI is InChI=1S/C15H22N6O2/c1-12-3-2-6-20(11-12)15(23)17-13-4-7-21(18-13)10-9-19-8-5-16-14(19)22/h3-4,7H,2,5-6,8-11H2,1H3,(H,16,22)(H,17,18,23). The number of hydrogen-bond donors (Lipinski definition) is 2. The summed E-state index contributed by atoms with van der Waals surface area (Å²) in [6, 6.07) is 1.62. The fourth-order valence-electron chi connectivity index (χ4n) is 2.77. The maximum atomic E-state index is 12.2. The molecule has 124 valence electrons. The summed E-state index contributed by atoms with van der Waals surface area (Å²) in [5.41, 5.74) is 1.21. The quantitative estimate of drug-likeness (QED) is 0.815.